The summed E-state index contributed by atoms with van der Waals surface area (Å²) >= 11 is 6.27. The molecule has 4 nitrogen and oxygen atoms in total. The predicted molar refractivity (Wildman–Crippen MR) is 85.9 cm³/mol. The van der Waals surface area contributed by atoms with E-state index in [1.54, 1.807) is 4.68 Å². The van der Waals surface area contributed by atoms with Crippen molar-refractivity contribution in [2.24, 2.45) is 7.05 Å². The van der Waals surface area contributed by atoms with Gasteiger partial charge in [0.05, 0.1) is 16.4 Å². The molecule has 1 unspecified atom stereocenters. The first kappa shape index (κ1) is 15.9. The van der Waals surface area contributed by atoms with E-state index in [2.05, 4.69) is 42.5 Å². The van der Waals surface area contributed by atoms with Crippen LogP contribution < -0.4 is 10.1 Å². The normalized spacial score (nSPS) is 12.5. The van der Waals surface area contributed by atoms with Crippen LogP contribution in [0.3, 0.4) is 0 Å². The first-order valence-electron chi connectivity index (χ1n) is 7.02. The van der Waals surface area contributed by atoms with Crippen LogP contribution in [-0.4, -0.2) is 16.8 Å². The van der Waals surface area contributed by atoms with Crippen LogP contribution in [0.1, 0.15) is 35.5 Å². The lowest BCUT2D eigenvalue weighted by Gasteiger charge is -2.17. The molecule has 1 N–H and O–H groups in total. The molecule has 0 amide bonds. The van der Waals surface area contributed by atoms with E-state index in [1.807, 2.05) is 21.0 Å². The number of hydrogen-bond donors (Lipinski definition) is 1. The van der Waals surface area contributed by atoms with Gasteiger partial charge in [0.25, 0.3) is 0 Å². The number of aryl methyl sites for hydroxylation is 3. The summed E-state index contributed by atoms with van der Waals surface area (Å²) in [4.78, 5) is 0. The van der Waals surface area contributed by atoms with E-state index >= 15 is 0 Å². The van der Waals surface area contributed by atoms with E-state index in [-0.39, 0.29) is 6.04 Å². The van der Waals surface area contributed by atoms with Crippen molar-refractivity contribution < 1.29 is 4.74 Å². The highest BCUT2D eigenvalue weighted by Crippen LogP contribution is 2.28. The molecular weight excluding hydrogens is 286 g/mol. The second kappa shape index (κ2) is 6.50. The number of benzene rings is 1. The maximum atomic E-state index is 6.27. The number of hydrogen-bond acceptors (Lipinski definition) is 3. The van der Waals surface area contributed by atoms with Crippen molar-refractivity contribution in [2.45, 2.75) is 33.4 Å². The third kappa shape index (κ3) is 3.39. The molecule has 1 atom stereocenters. The highest BCUT2D eigenvalue weighted by molar-refractivity contribution is 6.31. The summed E-state index contributed by atoms with van der Waals surface area (Å²) < 4.78 is 7.79. The van der Waals surface area contributed by atoms with Gasteiger partial charge in [-0.2, -0.15) is 5.10 Å². The maximum Gasteiger partial charge on any atom is 0.131 e. The van der Waals surface area contributed by atoms with Gasteiger partial charge in [-0.1, -0.05) is 23.7 Å². The third-order valence-electron chi connectivity index (χ3n) is 3.69. The molecule has 0 saturated carbocycles. The molecule has 2 rings (SSSR count). The molecule has 114 valence electrons. The summed E-state index contributed by atoms with van der Waals surface area (Å²) in [5.74, 6) is 0.881. The Balaban J connectivity index is 2.25. The van der Waals surface area contributed by atoms with Crippen molar-refractivity contribution in [3.63, 3.8) is 0 Å². The molecule has 0 aliphatic carbocycles. The minimum absolute atomic E-state index is 0.226. The predicted octanol–water partition coefficient (Wildman–Crippen LogP) is 3.55. The first-order chi connectivity index (χ1) is 9.93. The van der Waals surface area contributed by atoms with Gasteiger partial charge in [-0.05, 0) is 39.4 Å². The Morgan fingerprint density at radius 1 is 1.38 bits per heavy atom. The zero-order valence-electron chi connectivity index (χ0n) is 13.2. The Labute approximate surface area is 131 Å². The van der Waals surface area contributed by atoms with E-state index in [0.717, 1.165) is 22.7 Å². The van der Waals surface area contributed by atoms with Gasteiger partial charge in [-0.3, -0.25) is 4.68 Å². The highest BCUT2D eigenvalue weighted by atomic mass is 35.5. The molecule has 0 aliphatic heterocycles. The lowest BCUT2D eigenvalue weighted by Crippen LogP contribution is -2.14. The van der Waals surface area contributed by atoms with Crippen LogP contribution in [0.5, 0.6) is 5.75 Å². The van der Waals surface area contributed by atoms with Crippen LogP contribution in [0.4, 0.5) is 0 Å². The van der Waals surface area contributed by atoms with Gasteiger partial charge in [0.1, 0.15) is 12.4 Å². The van der Waals surface area contributed by atoms with Crippen LogP contribution in [0.15, 0.2) is 18.2 Å². The molecule has 1 heterocycles. The van der Waals surface area contributed by atoms with Crippen LogP contribution in [0.2, 0.25) is 5.02 Å². The molecular formula is C16H22ClN3O. The Hall–Kier alpha value is -1.52. The van der Waals surface area contributed by atoms with Crippen molar-refractivity contribution in [3.8, 4) is 5.75 Å². The molecule has 0 radical (unpaired) electrons. The largest absolute Gasteiger partial charge is 0.487 e. The zero-order chi connectivity index (χ0) is 15.6. The van der Waals surface area contributed by atoms with Crippen molar-refractivity contribution in [1.82, 2.24) is 15.1 Å². The smallest absolute Gasteiger partial charge is 0.131 e. The molecule has 0 bridgehead atoms. The monoisotopic (exact) mass is 307 g/mol. The van der Waals surface area contributed by atoms with Gasteiger partial charge >= 0.3 is 0 Å². The molecule has 21 heavy (non-hydrogen) atoms. The van der Waals surface area contributed by atoms with Crippen LogP contribution in [-0.2, 0) is 13.7 Å². The molecule has 5 heteroatoms. The average molecular weight is 308 g/mol. The van der Waals surface area contributed by atoms with Gasteiger partial charge in [-0.15, -0.1) is 0 Å². The summed E-state index contributed by atoms with van der Waals surface area (Å²) in [5, 5.41) is 8.22. The average Bonchev–Trinajstić information content (AvgIpc) is 2.69. The van der Waals surface area contributed by atoms with Crippen molar-refractivity contribution >= 4 is 11.6 Å². The van der Waals surface area contributed by atoms with Crippen molar-refractivity contribution in [3.05, 3.63) is 45.7 Å². The topological polar surface area (TPSA) is 39.1 Å². The fourth-order valence-electron chi connectivity index (χ4n) is 2.26. The fraction of sp³-hybridized carbons (Fsp3) is 0.438. The Kier molecular flexibility index (Phi) is 4.91. The molecule has 0 fully saturated rings. The minimum atomic E-state index is 0.226. The van der Waals surface area contributed by atoms with Crippen LogP contribution in [0.25, 0.3) is 0 Å². The van der Waals surface area contributed by atoms with E-state index in [9.17, 15) is 0 Å². The molecule has 1 aromatic heterocycles. The maximum absolute atomic E-state index is 6.27. The summed E-state index contributed by atoms with van der Waals surface area (Å²) in [5.41, 5.74) is 4.02. The number of aromatic nitrogens is 2. The molecule has 0 spiro atoms. The van der Waals surface area contributed by atoms with Gasteiger partial charge in [0, 0.05) is 18.7 Å². The van der Waals surface area contributed by atoms with E-state index in [0.29, 0.717) is 11.6 Å². The Bertz CT molecular complexity index is 637. The molecule has 1 aromatic carbocycles. The Morgan fingerprint density at radius 3 is 2.67 bits per heavy atom. The number of nitrogens with one attached hydrogen (secondary N) is 1. The first-order valence-corrected chi connectivity index (χ1v) is 7.40. The quantitative estimate of drug-likeness (QED) is 0.918. The lowest BCUT2D eigenvalue weighted by atomic mass is 10.1. The number of nitrogens with zero attached hydrogens (tertiary/aromatic N) is 2. The number of ether oxygens (including phenoxy) is 1. The van der Waals surface area contributed by atoms with Crippen LogP contribution >= 0.6 is 11.6 Å². The third-order valence-corrected chi connectivity index (χ3v) is 4.19. The summed E-state index contributed by atoms with van der Waals surface area (Å²) in [6.07, 6.45) is 0. The summed E-state index contributed by atoms with van der Waals surface area (Å²) in [6.45, 7) is 6.47. The van der Waals surface area contributed by atoms with Crippen molar-refractivity contribution in [1.29, 1.82) is 0 Å². The number of halogens is 1. The zero-order valence-corrected chi connectivity index (χ0v) is 14.0. The van der Waals surface area contributed by atoms with Gasteiger partial charge in [0.2, 0.25) is 0 Å². The minimum Gasteiger partial charge on any atom is -0.487 e. The van der Waals surface area contributed by atoms with E-state index in [4.69, 9.17) is 16.3 Å². The SMILES string of the molecule is CNC(C)c1ccc(C)cc1OCc1c(Cl)c(C)nn1C. The van der Waals surface area contributed by atoms with Gasteiger partial charge in [0.15, 0.2) is 0 Å². The van der Waals surface area contributed by atoms with Crippen molar-refractivity contribution in [2.75, 3.05) is 7.05 Å². The van der Waals surface area contributed by atoms with Gasteiger partial charge in [-0.25, -0.2) is 0 Å². The summed E-state index contributed by atoms with van der Waals surface area (Å²) in [7, 11) is 3.82. The highest BCUT2D eigenvalue weighted by Gasteiger charge is 2.14. The van der Waals surface area contributed by atoms with Gasteiger partial charge < -0.3 is 10.1 Å². The standard InChI is InChI=1S/C16H22ClN3O/c1-10-6-7-13(11(2)18-4)15(8-10)21-9-14-16(17)12(3)19-20(14)5/h6-8,11,18H,9H2,1-5H3. The van der Waals surface area contributed by atoms with Crippen LogP contribution in [0, 0.1) is 13.8 Å². The number of rotatable bonds is 5. The molecule has 0 aliphatic rings. The summed E-state index contributed by atoms with van der Waals surface area (Å²) in [6, 6.07) is 6.48. The molecule has 2 aromatic rings. The Morgan fingerprint density at radius 2 is 2.10 bits per heavy atom. The fourth-order valence-corrected chi connectivity index (χ4v) is 2.48. The lowest BCUT2D eigenvalue weighted by molar-refractivity contribution is 0.289. The second-order valence-corrected chi connectivity index (χ2v) is 5.69. The second-order valence-electron chi connectivity index (χ2n) is 5.31. The van der Waals surface area contributed by atoms with E-state index in [1.165, 1.54) is 5.56 Å². The van der Waals surface area contributed by atoms with E-state index < -0.39 is 0 Å². The molecule has 0 saturated heterocycles.